The molecule has 1 aliphatic carbocycles. The minimum absolute atomic E-state index is 0.239. The molecule has 0 aliphatic heterocycles. The van der Waals surface area contributed by atoms with Gasteiger partial charge in [0.05, 0.1) is 4.75 Å². The third-order valence-electron chi connectivity index (χ3n) is 3.59. The van der Waals surface area contributed by atoms with Crippen LogP contribution in [0.4, 0.5) is 0 Å². The summed E-state index contributed by atoms with van der Waals surface area (Å²) in [4.78, 5) is 0. The van der Waals surface area contributed by atoms with Gasteiger partial charge in [0.15, 0.2) is 0 Å². The summed E-state index contributed by atoms with van der Waals surface area (Å²) in [5.74, 6) is 0. The number of hydrogen-bond acceptors (Lipinski definition) is 1. The highest BCUT2D eigenvalue weighted by molar-refractivity contribution is 7.82. The lowest BCUT2D eigenvalue weighted by Gasteiger charge is -2.33. The molecule has 0 radical (unpaired) electrons. The average molecular weight is 264 g/mol. The van der Waals surface area contributed by atoms with E-state index in [1.807, 2.05) is 12.1 Å². The molecular weight excluding hydrogens is 248 g/mol. The van der Waals surface area contributed by atoms with E-state index in [0.717, 1.165) is 6.42 Å². The first-order valence-electron chi connectivity index (χ1n) is 6.51. The monoisotopic (exact) mass is 264 g/mol. The Balaban J connectivity index is 2.11. The molecule has 94 valence electrons. The van der Waals surface area contributed by atoms with Crippen molar-refractivity contribution in [2.45, 2.75) is 11.2 Å². The van der Waals surface area contributed by atoms with E-state index in [0.29, 0.717) is 0 Å². The van der Waals surface area contributed by atoms with Crippen LogP contribution in [0.3, 0.4) is 0 Å². The van der Waals surface area contributed by atoms with Gasteiger partial charge in [0.25, 0.3) is 0 Å². The van der Waals surface area contributed by atoms with Crippen molar-refractivity contribution in [2.24, 2.45) is 0 Å². The second-order valence-electron chi connectivity index (χ2n) is 4.80. The van der Waals surface area contributed by atoms with E-state index in [4.69, 9.17) is 12.6 Å². The molecule has 2 aromatic rings. The highest BCUT2D eigenvalue weighted by Gasteiger charge is 2.32. The fourth-order valence-electron chi connectivity index (χ4n) is 2.59. The van der Waals surface area contributed by atoms with Crippen LogP contribution in [-0.2, 0) is 4.75 Å². The molecule has 0 aromatic heterocycles. The van der Waals surface area contributed by atoms with Gasteiger partial charge in [-0.25, -0.2) is 0 Å². The van der Waals surface area contributed by atoms with Crippen LogP contribution in [0.5, 0.6) is 0 Å². The van der Waals surface area contributed by atoms with Crippen molar-refractivity contribution >= 4 is 18.2 Å². The Labute approximate surface area is 119 Å². The first-order chi connectivity index (χ1) is 9.31. The maximum absolute atomic E-state index is 5.03. The van der Waals surface area contributed by atoms with Crippen LogP contribution in [-0.4, -0.2) is 0 Å². The Hall–Kier alpha value is -1.73. The molecule has 0 fully saturated rings. The predicted octanol–water partition coefficient (Wildman–Crippen LogP) is 4.86. The van der Waals surface area contributed by atoms with Crippen LogP contribution in [0.15, 0.2) is 78.9 Å². The fraction of sp³-hybridized carbons (Fsp3) is 0.111. The number of benzene rings is 2. The van der Waals surface area contributed by atoms with Crippen molar-refractivity contribution in [3.63, 3.8) is 0 Å². The van der Waals surface area contributed by atoms with Gasteiger partial charge in [-0.2, -0.15) is 12.6 Å². The normalized spacial score (nSPS) is 22.1. The van der Waals surface area contributed by atoms with Crippen LogP contribution in [0.25, 0.3) is 5.57 Å². The van der Waals surface area contributed by atoms with Gasteiger partial charge in [0.1, 0.15) is 0 Å². The minimum Gasteiger partial charge on any atom is -0.162 e. The van der Waals surface area contributed by atoms with Gasteiger partial charge in [0, 0.05) is 0 Å². The summed E-state index contributed by atoms with van der Waals surface area (Å²) in [6.45, 7) is 0. The number of hydrogen-bond donors (Lipinski definition) is 1. The van der Waals surface area contributed by atoms with E-state index in [9.17, 15) is 0 Å². The molecule has 0 nitrogen and oxygen atoms in total. The molecule has 1 atom stereocenters. The Bertz CT molecular complexity index is 611. The van der Waals surface area contributed by atoms with Gasteiger partial charge in [-0.15, -0.1) is 0 Å². The minimum atomic E-state index is -0.239. The van der Waals surface area contributed by atoms with Crippen LogP contribution in [0.2, 0.25) is 0 Å². The van der Waals surface area contributed by atoms with Crippen molar-refractivity contribution in [3.8, 4) is 0 Å². The average Bonchev–Trinajstić information content (AvgIpc) is 2.49. The quantitative estimate of drug-likeness (QED) is 0.736. The lowest BCUT2D eigenvalue weighted by atomic mass is 9.81. The second-order valence-corrected chi connectivity index (χ2v) is 5.57. The van der Waals surface area contributed by atoms with E-state index in [2.05, 4.69) is 66.8 Å². The summed E-state index contributed by atoms with van der Waals surface area (Å²) in [5, 5.41) is 0. The molecule has 1 heteroatoms. The van der Waals surface area contributed by atoms with Crippen molar-refractivity contribution in [3.05, 3.63) is 90.0 Å². The first kappa shape index (κ1) is 12.3. The largest absolute Gasteiger partial charge is 0.162 e. The van der Waals surface area contributed by atoms with Gasteiger partial charge in [0.2, 0.25) is 0 Å². The standard InChI is InChI=1S/C18H16S/c19-18(16-11-5-2-6-12-16)14-8-7-13-17(18)15-9-3-1-4-10-15/h1-13,19H,14H2. The molecule has 1 unspecified atom stereocenters. The van der Waals surface area contributed by atoms with Gasteiger partial charge in [-0.05, 0) is 23.1 Å². The molecule has 0 spiro atoms. The van der Waals surface area contributed by atoms with Crippen LogP contribution in [0, 0.1) is 0 Å². The van der Waals surface area contributed by atoms with Crippen molar-refractivity contribution in [1.82, 2.24) is 0 Å². The highest BCUT2D eigenvalue weighted by Crippen LogP contribution is 2.46. The summed E-state index contributed by atoms with van der Waals surface area (Å²) in [5.41, 5.74) is 3.76. The third-order valence-corrected chi connectivity index (χ3v) is 4.28. The summed E-state index contributed by atoms with van der Waals surface area (Å²) in [6, 6.07) is 21.0. The molecule has 0 bridgehead atoms. The molecule has 0 saturated heterocycles. The molecule has 3 rings (SSSR count). The molecule has 2 aromatic carbocycles. The van der Waals surface area contributed by atoms with Crippen molar-refractivity contribution in [1.29, 1.82) is 0 Å². The van der Waals surface area contributed by atoms with Crippen LogP contribution in [0.1, 0.15) is 17.5 Å². The SMILES string of the molecule is SC1(c2ccccc2)CC=CC=C1c1ccccc1. The third kappa shape index (κ3) is 2.26. The lowest BCUT2D eigenvalue weighted by molar-refractivity contribution is 0.808. The lowest BCUT2D eigenvalue weighted by Crippen LogP contribution is -2.22. The highest BCUT2D eigenvalue weighted by atomic mass is 32.1. The first-order valence-corrected chi connectivity index (χ1v) is 6.96. The number of allylic oxidation sites excluding steroid dienone is 3. The number of rotatable bonds is 2. The van der Waals surface area contributed by atoms with Gasteiger partial charge in [-0.3, -0.25) is 0 Å². The van der Waals surface area contributed by atoms with Gasteiger partial charge >= 0.3 is 0 Å². The summed E-state index contributed by atoms with van der Waals surface area (Å²) in [7, 11) is 0. The molecule has 0 heterocycles. The molecule has 0 N–H and O–H groups in total. The fourth-order valence-corrected chi connectivity index (χ4v) is 3.05. The molecule has 0 saturated carbocycles. The van der Waals surface area contributed by atoms with E-state index in [-0.39, 0.29) is 4.75 Å². The maximum Gasteiger partial charge on any atom is 0.0667 e. The smallest absolute Gasteiger partial charge is 0.0667 e. The zero-order valence-electron chi connectivity index (χ0n) is 10.7. The topological polar surface area (TPSA) is 0 Å². The maximum atomic E-state index is 5.03. The Morgan fingerprint density at radius 1 is 0.842 bits per heavy atom. The van der Waals surface area contributed by atoms with E-state index >= 15 is 0 Å². The van der Waals surface area contributed by atoms with Gasteiger partial charge in [-0.1, -0.05) is 78.9 Å². The second kappa shape index (κ2) is 5.10. The predicted molar refractivity (Wildman–Crippen MR) is 85.3 cm³/mol. The zero-order valence-corrected chi connectivity index (χ0v) is 11.6. The Morgan fingerprint density at radius 2 is 1.47 bits per heavy atom. The molecular formula is C18H16S. The molecule has 1 aliphatic rings. The zero-order chi connectivity index (χ0) is 13.1. The number of thiol groups is 1. The summed E-state index contributed by atoms with van der Waals surface area (Å²) < 4.78 is -0.239. The van der Waals surface area contributed by atoms with Crippen LogP contribution < -0.4 is 0 Å². The Morgan fingerprint density at radius 3 is 2.16 bits per heavy atom. The van der Waals surface area contributed by atoms with Crippen molar-refractivity contribution < 1.29 is 0 Å². The summed E-state index contributed by atoms with van der Waals surface area (Å²) >= 11 is 5.03. The van der Waals surface area contributed by atoms with E-state index in [1.54, 1.807) is 0 Å². The van der Waals surface area contributed by atoms with Crippen molar-refractivity contribution in [2.75, 3.05) is 0 Å². The van der Waals surface area contributed by atoms with Crippen LogP contribution >= 0.6 is 12.6 Å². The molecule has 19 heavy (non-hydrogen) atoms. The van der Waals surface area contributed by atoms with E-state index in [1.165, 1.54) is 16.7 Å². The molecule has 0 amide bonds. The summed E-state index contributed by atoms with van der Waals surface area (Å²) in [6.07, 6.45) is 7.41. The van der Waals surface area contributed by atoms with E-state index < -0.39 is 0 Å². The Kier molecular flexibility index (Phi) is 3.31. The van der Waals surface area contributed by atoms with Gasteiger partial charge < -0.3 is 0 Å².